The molecule has 0 saturated carbocycles. The van der Waals surface area contributed by atoms with Gasteiger partial charge in [-0.05, 0) is 47.2 Å². The standard InChI is InChI=1S/C21H18N4O2S3/c1-13(26)22-14-6-8-15(9-7-14)23-18(27)12-30-21-24-19(16-4-2-10-28-16)20(25-21)17-5-3-11-29-17/h2-11H,12H2,1H3,(H,22,26)(H,23,27)(H,24,25). The van der Waals surface area contributed by atoms with Crippen molar-refractivity contribution in [3.05, 3.63) is 59.3 Å². The number of nitrogens with zero attached hydrogens (tertiary/aromatic N) is 1. The molecule has 4 rings (SSSR count). The Morgan fingerprint density at radius 1 is 0.967 bits per heavy atom. The van der Waals surface area contributed by atoms with E-state index in [9.17, 15) is 9.59 Å². The Balaban J connectivity index is 1.42. The minimum absolute atomic E-state index is 0.126. The smallest absolute Gasteiger partial charge is 0.234 e. The molecule has 2 amide bonds. The molecule has 0 atom stereocenters. The fourth-order valence-electron chi connectivity index (χ4n) is 2.78. The minimum atomic E-state index is -0.134. The van der Waals surface area contributed by atoms with Gasteiger partial charge in [-0.1, -0.05) is 23.9 Å². The molecule has 0 aliphatic heterocycles. The second-order valence-corrected chi connectivity index (χ2v) is 9.17. The molecule has 0 aliphatic rings. The molecule has 3 aromatic heterocycles. The molecular formula is C21H18N4O2S3. The number of hydrogen-bond donors (Lipinski definition) is 3. The van der Waals surface area contributed by atoms with Crippen LogP contribution in [0.5, 0.6) is 0 Å². The summed E-state index contributed by atoms with van der Waals surface area (Å²) in [5.74, 6) is -0.0289. The molecule has 1 aromatic carbocycles. The van der Waals surface area contributed by atoms with Crippen LogP contribution in [0.2, 0.25) is 0 Å². The molecule has 0 bridgehead atoms. The highest BCUT2D eigenvalue weighted by atomic mass is 32.2. The van der Waals surface area contributed by atoms with Gasteiger partial charge in [0.05, 0.1) is 21.2 Å². The number of imidazole rings is 1. The molecule has 9 heteroatoms. The van der Waals surface area contributed by atoms with Crippen LogP contribution in [-0.4, -0.2) is 27.5 Å². The van der Waals surface area contributed by atoms with Crippen LogP contribution in [0.25, 0.3) is 21.1 Å². The van der Waals surface area contributed by atoms with Gasteiger partial charge in [-0.2, -0.15) is 0 Å². The largest absolute Gasteiger partial charge is 0.332 e. The van der Waals surface area contributed by atoms with E-state index in [2.05, 4.69) is 21.7 Å². The molecule has 0 unspecified atom stereocenters. The van der Waals surface area contributed by atoms with Gasteiger partial charge in [0.1, 0.15) is 5.69 Å². The topological polar surface area (TPSA) is 86.9 Å². The van der Waals surface area contributed by atoms with Crippen LogP contribution in [0.3, 0.4) is 0 Å². The SMILES string of the molecule is CC(=O)Nc1ccc(NC(=O)CSc2nc(-c3cccs3)c(-c3cccs3)[nH]2)cc1. The van der Waals surface area contributed by atoms with Crippen LogP contribution >= 0.6 is 34.4 Å². The number of nitrogens with one attached hydrogen (secondary N) is 3. The molecule has 0 fully saturated rings. The Hall–Kier alpha value is -2.88. The lowest BCUT2D eigenvalue weighted by Gasteiger charge is -2.06. The molecule has 4 aromatic rings. The fraction of sp³-hybridized carbons (Fsp3) is 0.0952. The van der Waals surface area contributed by atoms with E-state index >= 15 is 0 Å². The van der Waals surface area contributed by atoms with E-state index in [1.807, 2.05) is 29.0 Å². The van der Waals surface area contributed by atoms with E-state index < -0.39 is 0 Å². The number of aromatic amines is 1. The first-order valence-electron chi connectivity index (χ1n) is 9.06. The van der Waals surface area contributed by atoms with E-state index in [0.29, 0.717) is 16.5 Å². The van der Waals surface area contributed by atoms with Crippen molar-refractivity contribution in [3.8, 4) is 21.1 Å². The second kappa shape index (κ2) is 9.29. The number of aromatic nitrogens is 2. The number of thiophene rings is 2. The summed E-state index contributed by atoms with van der Waals surface area (Å²) < 4.78 is 0. The summed E-state index contributed by atoms with van der Waals surface area (Å²) >= 11 is 4.65. The van der Waals surface area contributed by atoms with Crippen molar-refractivity contribution in [2.24, 2.45) is 0 Å². The third-order valence-electron chi connectivity index (χ3n) is 4.03. The van der Waals surface area contributed by atoms with Crippen molar-refractivity contribution in [3.63, 3.8) is 0 Å². The van der Waals surface area contributed by atoms with Crippen molar-refractivity contribution < 1.29 is 9.59 Å². The second-order valence-electron chi connectivity index (χ2n) is 6.32. The first-order valence-corrected chi connectivity index (χ1v) is 11.8. The van der Waals surface area contributed by atoms with E-state index in [-0.39, 0.29) is 17.6 Å². The van der Waals surface area contributed by atoms with Crippen LogP contribution in [0.1, 0.15) is 6.92 Å². The predicted molar refractivity (Wildman–Crippen MR) is 125 cm³/mol. The van der Waals surface area contributed by atoms with Crippen LogP contribution in [0.15, 0.2) is 64.4 Å². The van der Waals surface area contributed by atoms with E-state index in [1.165, 1.54) is 18.7 Å². The van der Waals surface area contributed by atoms with E-state index in [4.69, 9.17) is 4.98 Å². The molecule has 6 nitrogen and oxygen atoms in total. The first-order chi connectivity index (χ1) is 14.6. The highest BCUT2D eigenvalue weighted by Crippen LogP contribution is 2.36. The zero-order valence-electron chi connectivity index (χ0n) is 16.0. The van der Waals surface area contributed by atoms with Crippen molar-refractivity contribution in [1.82, 2.24) is 9.97 Å². The molecule has 30 heavy (non-hydrogen) atoms. The number of H-pyrrole nitrogens is 1. The quantitative estimate of drug-likeness (QED) is 0.319. The lowest BCUT2D eigenvalue weighted by Crippen LogP contribution is -2.14. The summed E-state index contributed by atoms with van der Waals surface area (Å²) in [7, 11) is 0. The Bertz CT molecular complexity index is 1080. The Labute approximate surface area is 185 Å². The number of thioether (sulfide) groups is 1. The monoisotopic (exact) mass is 454 g/mol. The summed E-state index contributed by atoms with van der Waals surface area (Å²) in [6.45, 7) is 1.45. The molecular weight excluding hydrogens is 436 g/mol. The highest BCUT2D eigenvalue weighted by Gasteiger charge is 2.16. The molecule has 3 heterocycles. The third-order valence-corrected chi connectivity index (χ3v) is 6.67. The summed E-state index contributed by atoms with van der Waals surface area (Å²) in [5, 5.41) is 10.3. The van der Waals surface area contributed by atoms with Gasteiger partial charge in [0.25, 0.3) is 0 Å². The Kier molecular flexibility index (Phi) is 6.32. The van der Waals surface area contributed by atoms with Gasteiger partial charge in [-0.3, -0.25) is 9.59 Å². The third kappa shape index (κ3) is 4.99. The minimum Gasteiger partial charge on any atom is -0.332 e. The van der Waals surface area contributed by atoms with Crippen molar-refractivity contribution in [2.75, 3.05) is 16.4 Å². The maximum Gasteiger partial charge on any atom is 0.234 e. The van der Waals surface area contributed by atoms with Gasteiger partial charge in [-0.15, -0.1) is 22.7 Å². The fourth-order valence-corrected chi connectivity index (χ4v) is 4.90. The van der Waals surface area contributed by atoms with Crippen LogP contribution in [-0.2, 0) is 9.59 Å². The summed E-state index contributed by atoms with van der Waals surface area (Å²) in [6.07, 6.45) is 0. The molecule has 0 saturated heterocycles. The predicted octanol–water partition coefficient (Wildman–Crippen LogP) is 5.56. The molecule has 0 spiro atoms. The normalized spacial score (nSPS) is 10.7. The zero-order chi connectivity index (χ0) is 20.9. The average Bonchev–Trinajstić information content (AvgIpc) is 3.47. The maximum absolute atomic E-state index is 12.4. The number of hydrogen-bond acceptors (Lipinski definition) is 6. The summed E-state index contributed by atoms with van der Waals surface area (Å²) in [5.41, 5.74) is 3.24. The molecule has 0 aliphatic carbocycles. The molecule has 3 N–H and O–H groups in total. The van der Waals surface area contributed by atoms with Gasteiger partial charge in [0.15, 0.2) is 5.16 Å². The summed E-state index contributed by atoms with van der Waals surface area (Å²) in [6, 6.07) is 15.1. The van der Waals surface area contributed by atoms with Gasteiger partial charge in [-0.25, -0.2) is 4.98 Å². The van der Waals surface area contributed by atoms with Gasteiger partial charge >= 0.3 is 0 Å². The number of benzene rings is 1. The van der Waals surface area contributed by atoms with Crippen LogP contribution in [0, 0.1) is 0 Å². The zero-order valence-corrected chi connectivity index (χ0v) is 18.4. The number of amides is 2. The first kappa shape index (κ1) is 20.4. The summed E-state index contributed by atoms with van der Waals surface area (Å²) in [4.78, 5) is 33.7. The van der Waals surface area contributed by atoms with Crippen LogP contribution in [0.4, 0.5) is 11.4 Å². The van der Waals surface area contributed by atoms with Crippen molar-refractivity contribution in [2.45, 2.75) is 12.1 Å². The van der Waals surface area contributed by atoms with E-state index in [1.54, 1.807) is 46.9 Å². The number of carbonyl (C=O) groups excluding carboxylic acids is 2. The number of carbonyl (C=O) groups is 2. The van der Waals surface area contributed by atoms with Gasteiger partial charge in [0.2, 0.25) is 11.8 Å². The van der Waals surface area contributed by atoms with Gasteiger partial charge < -0.3 is 15.6 Å². The maximum atomic E-state index is 12.4. The molecule has 0 radical (unpaired) electrons. The van der Waals surface area contributed by atoms with Crippen molar-refractivity contribution >= 4 is 57.6 Å². The number of rotatable bonds is 7. The number of anilines is 2. The Morgan fingerprint density at radius 2 is 1.60 bits per heavy atom. The molecule has 152 valence electrons. The lowest BCUT2D eigenvalue weighted by molar-refractivity contribution is -0.114. The lowest BCUT2D eigenvalue weighted by atomic mass is 10.2. The Morgan fingerprint density at radius 3 is 2.20 bits per heavy atom. The average molecular weight is 455 g/mol. The van der Waals surface area contributed by atoms with Gasteiger partial charge in [0, 0.05) is 18.3 Å². The van der Waals surface area contributed by atoms with Crippen LogP contribution < -0.4 is 10.6 Å². The van der Waals surface area contributed by atoms with E-state index in [0.717, 1.165) is 21.1 Å². The highest BCUT2D eigenvalue weighted by molar-refractivity contribution is 7.99. The van der Waals surface area contributed by atoms with Crippen molar-refractivity contribution in [1.29, 1.82) is 0 Å².